The quantitative estimate of drug-likeness (QED) is 0.0329. The first-order valence-corrected chi connectivity index (χ1v) is 24.7. The number of unbranched alkanes of at least 4 members (excludes halogenated alkanes) is 24. The molecule has 15 nitrogen and oxygen atoms in total. The van der Waals surface area contributed by atoms with Crippen LogP contribution in [0.15, 0.2) is 17.1 Å². The predicted molar refractivity (Wildman–Crippen MR) is 230 cm³/mol. The monoisotopic (exact) mass is 896 g/mol. The van der Waals surface area contributed by atoms with Crippen LogP contribution in [0.2, 0.25) is 0 Å². The Morgan fingerprint density at radius 3 is 1.64 bits per heavy atom. The van der Waals surface area contributed by atoms with Crippen LogP contribution in [0, 0.1) is 0 Å². The molecule has 2 heterocycles. The Bertz CT molecular complexity index is 1390. The largest absolute Gasteiger partial charge is 1.00 e. The fourth-order valence-electron chi connectivity index (χ4n) is 7.29. The topological polar surface area (TPSA) is 222 Å². The third-order valence-corrected chi connectivity index (χ3v) is 11.9. The van der Waals surface area contributed by atoms with Gasteiger partial charge in [0.1, 0.15) is 30.7 Å². The molecule has 6 atom stereocenters. The molecule has 0 aliphatic carbocycles. The minimum atomic E-state index is -5.09. The molecule has 0 saturated carbocycles. The molecule has 1 unspecified atom stereocenters. The summed E-state index contributed by atoms with van der Waals surface area (Å²) in [7, 11) is -5.09. The molecule has 1 saturated heterocycles. The summed E-state index contributed by atoms with van der Waals surface area (Å²) in [5.74, 6) is -1.09. The maximum atomic E-state index is 12.8. The number of rotatable bonds is 38. The number of carbonyl (C=O) groups excluding carboxylic acids is 2. The van der Waals surface area contributed by atoms with Gasteiger partial charge in [0.15, 0.2) is 12.3 Å². The van der Waals surface area contributed by atoms with Crippen LogP contribution in [-0.4, -0.2) is 75.9 Å². The second-order valence-corrected chi connectivity index (χ2v) is 17.8. The molecule has 0 bridgehead atoms. The molecule has 1 fully saturated rings. The fraction of sp³-hybridized carbons (Fsp3) is 0.864. The predicted octanol–water partition coefficient (Wildman–Crippen LogP) is 5.37. The van der Waals surface area contributed by atoms with Gasteiger partial charge >= 0.3 is 47.2 Å². The first kappa shape index (κ1) is 57.6. The molecule has 2 rings (SSSR count). The van der Waals surface area contributed by atoms with Gasteiger partial charge in [-0.2, -0.15) is 4.98 Å². The number of aliphatic hydroxyl groups is 2. The van der Waals surface area contributed by atoms with Gasteiger partial charge in [0, 0.05) is 19.0 Å². The molecular weight excluding hydrogens is 816 g/mol. The van der Waals surface area contributed by atoms with Gasteiger partial charge in [-0.15, -0.1) is 0 Å². The van der Waals surface area contributed by atoms with Gasteiger partial charge < -0.3 is 44.1 Å². The first-order valence-electron chi connectivity index (χ1n) is 23.3. The van der Waals surface area contributed by atoms with Crippen molar-refractivity contribution >= 4 is 25.6 Å². The SMILES string of the molecule is CCCCCCCCCCCCCCCC(=O)OC[C@H](COP(=O)([O-])OC[C@H]1O[C@@H](n2ccc(N)nc2=O)[C@@H](O)[C@@H]1O)OC(=O)CCCCCCCCCCCCCCC.[Na+]. The van der Waals surface area contributed by atoms with Crippen LogP contribution in [0.5, 0.6) is 0 Å². The molecule has 1 aliphatic rings. The Kier molecular flexibility index (Phi) is 33.9. The third kappa shape index (κ3) is 27.5. The van der Waals surface area contributed by atoms with Crippen LogP contribution in [-0.2, 0) is 37.4 Å². The number of carbonyl (C=O) groups is 2. The average molecular weight is 896 g/mol. The summed E-state index contributed by atoms with van der Waals surface area (Å²) in [4.78, 5) is 53.9. The Labute approximate surface area is 387 Å². The van der Waals surface area contributed by atoms with Gasteiger partial charge in [0.25, 0.3) is 7.82 Å². The number of anilines is 1. The van der Waals surface area contributed by atoms with Gasteiger partial charge in [-0.1, -0.05) is 168 Å². The van der Waals surface area contributed by atoms with Crippen molar-refractivity contribution in [3.8, 4) is 0 Å². The number of aromatic nitrogens is 2. The molecule has 17 heteroatoms. The molecule has 0 spiro atoms. The normalized spacial score (nSPS) is 19.0. The Balaban J connectivity index is 0.0000186. The summed E-state index contributed by atoms with van der Waals surface area (Å²) < 4.78 is 40.1. The van der Waals surface area contributed by atoms with Gasteiger partial charge in [-0.3, -0.25) is 18.7 Å². The first-order chi connectivity index (χ1) is 29.0. The molecule has 61 heavy (non-hydrogen) atoms. The minimum Gasteiger partial charge on any atom is -0.756 e. The zero-order chi connectivity index (χ0) is 43.9. The van der Waals surface area contributed by atoms with E-state index in [4.69, 9.17) is 29.0 Å². The van der Waals surface area contributed by atoms with Gasteiger partial charge in [0.05, 0.1) is 13.2 Å². The van der Waals surface area contributed by atoms with E-state index in [2.05, 4.69) is 18.8 Å². The van der Waals surface area contributed by atoms with Gasteiger partial charge in [-0.05, 0) is 18.9 Å². The van der Waals surface area contributed by atoms with E-state index in [1.54, 1.807) is 0 Å². The fourth-order valence-corrected chi connectivity index (χ4v) is 8.04. The van der Waals surface area contributed by atoms with Crippen molar-refractivity contribution in [1.29, 1.82) is 0 Å². The van der Waals surface area contributed by atoms with Crippen LogP contribution in [0.25, 0.3) is 0 Å². The molecule has 0 radical (unpaired) electrons. The molecule has 1 aliphatic heterocycles. The van der Waals surface area contributed by atoms with Crippen molar-refractivity contribution < 1.29 is 82.1 Å². The molecular formula is C44H79N3NaO12P. The van der Waals surface area contributed by atoms with Crippen LogP contribution in [0.1, 0.15) is 200 Å². The van der Waals surface area contributed by atoms with Crippen LogP contribution >= 0.6 is 7.82 Å². The molecule has 1 aromatic rings. The van der Waals surface area contributed by atoms with Crippen molar-refractivity contribution in [2.75, 3.05) is 25.6 Å². The number of aliphatic hydroxyl groups excluding tert-OH is 2. The molecule has 4 N–H and O–H groups in total. The maximum Gasteiger partial charge on any atom is 1.00 e. The second-order valence-electron chi connectivity index (χ2n) is 16.4. The third-order valence-electron chi connectivity index (χ3n) is 11.0. The molecule has 0 aromatic carbocycles. The summed E-state index contributed by atoms with van der Waals surface area (Å²) in [6.07, 6.45) is 24.8. The Morgan fingerprint density at radius 2 is 1.18 bits per heavy atom. The number of hydrogen-bond donors (Lipinski definition) is 3. The number of hydrogen-bond acceptors (Lipinski definition) is 14. The number of esters is 2. The van der Waals surface area contributed by atoms with Crippen molar-refractivity contribution in [3.05, 3.63) is 22.7 Å². The summed E-state index contributed by atoms with van der Waals surface area (Å²) in [6.45, 7) is 2.62. The zero-order valence-corrected chi connectivity index (χ0v) is 40.8. The van der Waals surface area contributed by atoms with E-state index in [1.807, 2.05) is 0 Å². The molecule has 0 amide bonds. The number of nitrogens with zero attached hydrogens (tertiary/aromatic N) is 2. The number of phosphoric ester groups is 1. The minimum absolute atomic E-state index is 0. The van der Waals surface area contributed by atoms with E-state index in [-0.39, 0.29) is 48.2 Å². The Morgan fingerprint density at radius 1 is 0.738 bits per heavy atom. The van der Waals surface area contributed by atoms with Crippen molar-refractivity contribution in [2.24, 2.45) is 0 Å². The van der Waals surface area contributed by atoms with Crippen LogP contribution in [0.4, 0.5) is 5.82 Å². The van der Waals surface area contributed by atoms with E-state index in [9.17, 15) is 34.1 Å². The maximum absolute atomic E-state index is 12.8. The number of nitrogen functional groups attached to an aromatic ring is 1. The number of ether oxygens (including phenoxy) is 3. The standard InChI is InChI=1S/C44H80N3O12P.Na/c1-3-5-7-9-11-13-15-17-19-21-23-25-27-29-39(48)55-33-36(58-40(49)30-28-26-24-22-20-18-16-14-12-10-8-6-4-2)34-56-60(53,54)57-35-37-41(50)42(51)43(59-37)47-32-31-38(45)46-44(47)52;/h31-32,36-37,41-43,50-51H,3-30,33-35H2,1-2H3,(H,53,54)(H2,45,46,52);/q;+1/p-1/t36-,37-,41-,42+,43-;/m1./s1. The summed E-state index contributed by atoms with van der Waals surface area (Å²) in [5, 5.41) is 21.0. The summed E-state index contributed by atoms with van der Waals surface area (Å²) in [6, 6.07) is 1.30. The summed E-state index contributed by atoms with van der Waals surface area (Å²) >= 11 is 0. The smallest absolute Gasteiger partial charge is 0.756 e. The molecule has 348 valence electrons. The van der Waals surface area contributed by atoms with Crippen LogP contribution < -0.4 is 45.9 Å². The second kappa shape index (κ2) is 35.9. The van der Waals surface area contributed by atoms with E-state index < -0.39 is 75.9 Å². The summed E-state index contributed by atoms with van der Waals surface area (Å²) in [5.41, 5.74) is 4.67. The Hall–Kier alpha value is -1.39. The van der Waals surface area contributed by atoms with Crippen molar-refractivity contribution in [3.63, 3.8) is 0 Å². The zero-order valence-electron chi connectivity index (χ0n) is 37.9. The average Bonchev–Trinajstić information content (AvgIpc) is 3.50. The number of phosphoric acid groups is 1. The molecule has 1 aromatic heterocycles. The van der Waals surface area contributed by atoms with Gasteiger partial charge in [0.2, 0.25) is 0 Å². The van der Waals surface area contributed by atoms with Crippen molar-refractivity contribution in [1.82, 2.24) is 9.55 Å². The van der Waals surface area contributed by atoms with Crippen molar-refractivity contribution in [2.45, 2.75) is 224 Å². The van der Waals surface area contributed by atoms with E-state index in [0.29, 0.717) is 12.8 Å². The number of nitrogens with two attached hydrogens (primary N) is 1. The van der Waals surface area contributed by atoms with E-state index in [0.717, 1.165) is 43.1 Å². The van der Waals surface area contributed by atoms with E-state index >= 15 is 0 Å². The van der Waals surface area contributed by atoms with Crippen LogP contribution in [0.3, 0.4) is 0 Å². The van der Waals surface area contributed by atoms with Gasteiger partial charge in [-0.25, -0.2) is 4.79 Å². The van der Waals surface area contributed by atoms with E-state index in [1.165, 1.54) is 128 Å².